The van der Waals surface area contributed by atoms with Gasteiger partial charge in [-0.3, -0.25) is 14.7 Å². The maximum Gasteiger partial charge on any atom is 0.335 e. The van der Waals surface area contributed by atoms with E-state index in [1.165, 1.54) is 0 Å². The van der Waals surface area contributed by atoms with Gasteiger partial charge in [0.05, 0.1) is 5.56 Å². The summed E-state index contributed by atoms with van der Waals surface area (Å²) < 4.78 is 0. The third-order valence-electron chi connectivity index (χ3n) is 3.59. The number of carboxylic acids is 1. The van der Waals surface area contributed by atoms with Crippen molar-refractivity contribution in [3.63, 3.8) is 0 Å². The van der Waals surface area contributed by atoms with Crippen LogP contribution < -0.4 is 0 Å². The lowest BCUT2D eigenvalue weighted by Gasteiger charge is -2.25. The van der Waals surface area contributed by atoms with E-state index < -0.39 is 11.5 Å². The van der Waals surface area contributed by atoms with Crippen LogP contribution in [-0.2, 0) is 4.79 Å². The molecule has 0 fully saturated rings. The lowest BCUT2D eigenvalue weighted by Crippen LogP contribution is -2.43. The second-order valence-electron chi connectivity index (χ2n) is 6.10. The van der Waals surface area contributed by atoms with E-state index in [2.05, 4.69) is 4.99 Å². The van der Waals surface area contributed by atoms with Crippen LogP contribution >= 0.6 is 0 Å². The number of hydrogen-bond acceptors (Lipinski definition) is 3. The van der Waals surface area contributed by atoms with Crippen LogP contribution in [0.4, 0.5) is 0 Å². The van der Waals surface area contributed by atoms with E-state index in [-0.39, 0.29) is 17.5 Å². The van der Waals surface area contributed by atoms with Gasteiger partial charge in [0.2, 0.25) is 0 Å². The van der Waals surface area contributed by atoms with Crippen molar-refractivity contribution in [1.29, 1.82) is 0 Å². The molecule has 21 heavy (non-hydrogen) atoms. The summed E-state index contributed by atoms with van der Waals surface area (Å²) in [4.78, 5) is 29.7. The summed E-state index contributed by atoms with van der Waals surface area (Å²) in [6.45, 7) is 9.29. The van der Waals surface area contributed by atoms with Crippen molar-refractivity contribution in [2.45, 2.75) is 46.2 Å². The molecule has 0 aliphatic carbocycles. The van der Waals surface area contributed by atoms with Crippen molar-refractivity contribution >= 4 is 17.7 Å². The molecule has 0 radical (unpaired) electrons. The number of carbonyl (C=O) groups excluding carboxylic acids is 1. The largest absolute Gasteiger partial charge is 0.478 e. The molecule has 112 valence electrons. The monoisotopic (exact) mass is 288 g/mol. The Morgan fingerprint density at radius 1 is 1.33 bits per heavy atom. The van der Waals surface area contributed by atoms with Gasteiger partial charge in [-0.25, -0.2) is 4.79 Å². The number of nitrogens with zero attached hydrogens (tertiary/aromatic N) is 2. The number of hydrogen-bond donors (Lipinski definition) is 1. The fraction of sp³-hybridized carbons (Fsp3) is 0.438. The normalized spacial score (nSPS) is 17.3. The number of amides is 1. The number of carbonyl (C=O) groups is 2. The number of aliphatic imine (C=N–C) groups is 1. The number of rotatable bonds is 3. The van der Waals surface area contributed by atoms with Crippen molar-refractivity contribution in [3.05, 3.63) is 34.9 Å². The van der Waals surface area contributed by atoms with Crippen LogP contribution in [0.5, 0.6) is 0 Å². The quantitative estimate of drug-likeness (QED) is 0.928. The van der Waals surface area contributed by atoms with E-state index in [4.69, 9.17) is 5.11 Å². The Morgan fingerprint density at radius 2 is 1.95 bits per heavy atom. The summed E-state index contributed by atoms with van der Waals surface area (Å²) in [5.41, 5.74) is 1.05. The summed E-state index contributed by atoms with van der Waals surface area (Å²) in [5.74, 6) is -0.376. The van der Waals surface area contributed by atoms with E-state index in [1.807, 2.05) is 20.8 Å². The van der Waals surface area contributed by atoms with Crippen LogP contribution in [0.2, 0.25) is 0 Å². The average molecular weight is 288 g/mol. The minimum atomic E-state index is -0.963. The highest BCUT2D eigenvalue weighted by molar-refractivity contribution is 6.15. The standard InChI is InChI=1S/C16H20N2O3/c1-9(2)18-13(17-16(4,5)15(18)21)12-7-6-11(14(19)20)8-10(12)3/h6-9H,1-5H3,(H,19,20). The zero-order valence-electron chi connectivity index (χ0n) is 13.0. The second kappa shape index (κ2) is 4.98. The zero-order chi connectivity index (χ0) is 15.9. The molecule has 0 aromatic heterocycles. The summed E-state index contributed by atoms with van der Waals surface area (Å²) in [5, 5.41) is 9.04. The van der Waals surface area contributed by atoms with Crippen molar-refractivity contribution in [2.24, 2.45) is 4.99 Å². The summed E-state index contributed by atoms with van der Waals surface area (Å²) in [6, 6.07) is 4.87. The van der Waals surface area contributed by atoms with Gasteiger partial charge in [-0.2, -0.15) is 0 Å². The highest BCUT2D eigenvalue weighted by Gasteiger charge is 2.42. The average Bonchev–Trinajstić information content (AvgIpc) is 2.60. The van der Waals surface area contributed by atoms with Crippen LogP contribution in [0, 0.1) is 6.92 Å². The zero-order valence-corrected chi connectivity index (χ0v) is 13.0. The lowest BCUT2D eigenvalue weighted by molar-refractivity contribution is -0.131. The predicted octanol–water partition coefficient (Wildman–Crippen LogP) is 2.47. The molecule has 0 bridgehead atoms. The molecule has 0 saturated heterocycles. The molecule has 1 aliphatic rings. The van der Waals surface area contributed by atoms with Crippen molar-refractivity contribution in [2.75, 3.05) is 0 Å². The summed E-state index contributed by atoms with van der Waals surface area (Å²) in [7, 11) is 0. The minimum absolute atomic E-state index is 0.00317. The number of amidine groups is 1. The highest BCUT2D eigenvalue weighted by atomic mass is 16.4. The smallest absolute Gasteiger partial charge is 0.335 e. The van der Waals surface area contributed by atoms with Crippen LogP contribution in [0.1, 0.15) is 49.2 Å². The van der Waals surface area contributed by atoms with Gasteiger partial charge >= 0.3 is 5.97 Å². The van der Waals surface area contributed by atoms with E-state index in [0.29, 0.717) is 5.84 Å². The van der Waals surface area contributed by atoms with Crippen LogP contribution in [0.3, 0.4) is 0 Å². The number of carboxylic acid groups (broad SMARTS) is 1. The van der Waals surface area contributed by atoms with Gasteiger partial charge in [0.25, 0.3) is 5.91 Å². The van der Waals surface area contributed by atoms with E-state index in [9.17, 15) is 9.59 Å². The fourth-order valence-corrected chi connectivity index (χ4v) is 2.47. The molecule has 1 aliphatic heterocycles. The molecule has 0 spiro atoms. The first-order valence-corrected chi connectivity index (χ1v) is 6.93. The Balaban J connectivity index is 2.54. The molecule has 1 aromatic carbocycles. The Bertz CT molecular complexity index is 645. The molecular weight excluding hydrogens is 268 g/mol. The molecule has 0 unspecified atom stereocenters. The Morgan fingerprint density at radius 3 is 2.43 bits per heavy atom. The molecule has 0 atom stereocenters. The predicted molar refractivity (Wildman–Crippen MR) is 80.7 cm³/mol. The molecule has 1 aromatic rings. The third kappa shape index (κ3) is 2.55. The lowest BCUT2D eigenvalue weighted by atomic mass is 10.0. The van der Waals surface area contributed by atoms with Crippen LogP contribution in [-0.4, -0.2) is 39.3 Å². The molecule has 1 N–H and O–H groups in total. The SMILES string of the molecule is Cc1cc(C(=O)O)ccc1C1=NC(C)(C)C(=O)N1C(C)C. The maximum atomic E-state index is 12.5. The molecule has 0 saturated carbocycles. The van der Waals surface area contributed by atoms with Gasteiger partial charge in [-0.1, -0.05) is 6.07 Å². The van der Waals surface area contributed by atoms with Crippen LogP contribution in [0.15, 0.2) is 23.2 Å². The number of aryl methyl sites for hydroxylation is 1. The van der Waals surface area contributed by atoms with Gasteiger partial charge in [0, 0.05) is 11.6 Å². The molecule has 2 rings (SSSR count). The Hall–Kier alpha value is -2.17. The maximum absolute atomic E-state index is 12.5. The number of aromatic carboxylic acids is 1. The van der Waals surface area contributed by atoms with Gasteiger partial charge in [0.1, 0.15) is 11.4 Å². The first-order chi connectivity index (χ1) is 9.65. The molecule has 5 heteroatoms. The number of benzene rings is 1. The topological polar surface area (TPSA) is 70.0 Å². The van der Waals surface area contributed by atoms with Gasteiger partial charge in [0.15, 0.2) is 0 Å². The van der Waals surface area contributed by atoms with E-state index in [0.717, 1.165) is 11.1 Å². The van der Waals surface area contributed by atoms with Crippen molar-refractivity contribution in [1.82, 2.24) is 4.90 Å². The highest BCUT2D eigenvalue weighted by Crippen LogP contribution is 2.28. The van der Waals surface area contributed by atoms with E-state index >= 15 is 0 Å². The Labute approximate surface area is 124 Å². The van der Waals surface area contributed by atoms with Gasteiger partial charge < -0.3 is 5.11 Å². The molecule has 5 nitrogen and oxygen atoms in total. The summed E-state index contributed by atoms with van der Waals surface area (Å²) >= 11 is 0. The van der Waals surface area contributed by atoms with Gasteiger partial charge in [-0.15, -0.1) is 0 Å². The van der Waals surface area contributed by atoms with Crippen LogP contribution in [0.25, 0.3) is 0 Å². The van der Waals surface area contributed by atoms with Crippen molar-refractivity contribution < 1.29 is 14.7 Å². The van der Waals surface area contributed by atoms with E-state index in [1.54, 1.807) is 36.9 Å². The molecule has 1 amide bonds. The first-order valence-electron chi connectivity index (χ1n) is 6.93. The summed E-state index contributed by atoms with van der Waals surface area (Å²) in [6.07, 6.45) is 0. The fourth-order valence-electron chi connectivity index (χ4n) is 2.47. The van der Waals surface area contributed by atoms with Gasteiger partial charge in [-0.05, 0) is 52.3 Å². The minimum Gasteiger partial charge on any atom is -0.478 e. The Kier molecular flexibility index (Phi) is 3.61. The molecular formula is C16H20N2O3. The first kappa shape index (κ1) is 15.2. The third-order valence-corrected chi connectivity index (χ3v) is 3.59. The molecule has 1 heterocycles. The second-order valence-corrected chi connectivity index (χ2v) is 6.10. The van der Waals surface area contributed by atoms with Crippen molar-refractivity contribution in [3.8, 4) is 0 Å².